The molecule has 0 aliphatic carbocycles. The van der Waals surface area contributed by atoms with Gasteiger partial charge in [0.1, 0.15) is 11.6 Å². The highest BCUT2D eigenvalue weighted by Crippen LogP contribution is 2.24. The molecule has 0 unspecified atom stereocenters. The van der Waals surface area contributed by atoms with Crippen LogP contribution in [-0.4, -0.2) is 23.9 Å². The number of hydrogen-bond donors (Lipinski definition) is 0. The molecule has 2 aliphatic rings. The standard InChI is InChI=1S/C15H16N2O2/c18-15-13(12-9-5-2-6-10-16-12)14(17-19-15)11-7-3-1-4-8-11/h1,3-4,7-8,13H,2,5-6,9-10H2/t13-/m0/s1. The lowest BCUT2D eigenvalue weighted by molar-refractivity contribution is -0.141. The Labute approximate surface area is 112 Å². The van der Waals surface area contributed by atoms with Gasteiger partial charge in [-0.15, -0.1) is 0 Å². The van der Waals surface area contributed by atoms with Crippen LogP contribution in [0.2, 0.25) is 0 Å². The molecule has 0 N–H and O–H groups in total. The highest BCUT2D eigenvalue weighted by Gasteiger charge is 2.37. The Kier molecular flexibility index (Phi) is 3.40. The van der Waals surface area contributed by atoms with Gasteiger partial charge in [0.15, 0.2) is 0 Å². The van der Waals surface area contributed by atoms with Gasteiger partial charge < -0.3 is 4.84 Å². The molecule has 0 spiro atoms. The molecule has 0 fully saturated rings. The molecule has 0 radical (unpaired) electrons. The van der Waals surface area contributed by atoms with Crippen molar-refractivity contribution in [1.29, 1.82) is 0 Å². The number of hydrogen-bond acceptors (Lipinski definition) is 4. The molecule has 2 heterocycles. The summed E-state index contributed by atoms with van der Waals surface area (Å²) < 4.78 is 0. The van der Waals surface area contributed by atoms with Crippen LogP contribution in [0.25, 0.3) is 0 Å². The number of carbonyl (C=O) groups is 1. The largest absolute Gasteiger partial charge is 0.349 e. The van der Waals surface area contributed by atoms with Gasteiger partial charge in [-0.05, 0) is 19.3 Å². The fraction of sp³-hybridized carbons (Fsp3) is 0.400. The average Bonchev–Trinajstić information content (AvgIpc) is 2.66. The number of carbonyl (C=O) groups excluding carboxylic acids is 1. The number of aliphatic imine (C=N–C) groups is 1. The van der Waals surface area contributed by atoms with E-state index >= 15 is 0 Å². The molecule has 1 aromatic rings. The van der Waals surface area contributed by atoms with Gasteiger partial charge in [-0.2, -0.15) is 0 Å². The predicted octanol–water partition coefficient (Wildman–Crippen LogP) is 2.58. The first kappa shape index (κ1) is 12.1. The molecule has 98 valence electrons. The van der Waals surface area contributed by atoms with E-state index in [1.807, 2.05) is 30.3 Å². The van der Waals surface area contributed by atoms with E-state index in [1.54, 1.807) is 0 Å². The van der Waals surface area contributed by atoms with E-state index in [4.69, 9.17) is 4.84 Å². The summed E-state index contributed by atoms with van der Waals surface area (Å²) in [6, 6.07) is 9.72. The topological polar surface area (TPSA) is 51.0 Å². The second kappa shape index (κ2) is 5.34. The van der Waals surface area contributed by atoms with Gasteiger partial charge in [-0.1, -0.05) is 41.9 Å². The van der Waals surface area contributed by atoms with Crippen molar-refractivity contribution in [1.82, 2.24) is 0 Å². The van der Waals surface area contributed by atoms with Crippen molar-refractivity contribution in [2.75, 3.05) is 6.54 Å². The molecule has 1 aromatic carbocycles. The van der Waals surface area contributed by atoms with Gasteiger partial charge in [0.05, 0.1) is 0 Å². The third kappa shape index (κ3) is 2.43. The van der Waals surface area contributed by atoms with Gasteiger partial charge >= 0.3 is 5.97 Å². The van der Waals surface area contributed by atoms with Gasteiger partial charge in [-0.25, -0.2) is 4.79 Å². The summed E-state index contributed by atoms with van der Waals surface area (Å²) in [5, 5.41) is 3.96. The van der Waals surface area contributed by atoms with Crippen molar-refractivity contribution >= 4 is 17.4 Å². The highest BCUT2D eigenvalue weighted by atomic mass is 16.7. The first-order chi connectivity index (χ1) is 9.36. The Bertz CT molecular complexity index is 534. The van der Waals surface area contributed by atoms with E-state index in [0.717, 1.165) is 37.1 Å². The molecule has 0 saturated carbocycles. The van der Waals surface area contributed by atoms with Crippen molar-refractivity contribution in [3.63, 3.8) is 0 Å². The zero-order valence-corrected chi connectivity index (χ0v) is 10.7. The first-order valence-electron chi connectivity index (χ1n) is 6.73. The zero-order valence-electron chi connectivity index (χ0n) is 10.7. The van der Waals surface area contributed by atoms with E-state index in [-0.39, 0.29) is 5.97 Å². The maximum atomic E-state index is 12.0. The highest BCUT2D eigenvalue weighted by molar-refractivity contribution is 6.27. The third-order valence-corrected chi connectivity index (χ3v) is 3.55. The average molecular weight is 256 g/mol. The van der Waals surface area contributed by atoms with E-state index in [1.165, 1.54) is 6.42 Å². The molecule has 1 atom stereocenters. The minimum Gasteiger partial charge on any atom is -0.317 e. The molecular formula is C15H16N2O2. The third-order valence-electron chi connectivity index (χ3n) is 3.55. The van der Waals surface area contributed by atoms with Crippen LogP contribution in [-0.2, 0) is 9.63 Å². The first-order valence-corrected chi connectivity index (χ1v) is 6.73. The van der Waals surface area contributed by atoms with Crippen LogP contribution in [0.1, 0.15) is 31.2 Å². The molecule has 0 amide bonds. The Morgan fingerprint density at radius 3 is 2.79 bits per heavy atom. The number of benzene rings is 1. The van der Waals surface area contributed by atoms with E-state index in [9.17, 15) is 4.79 Å². The van der Waals surface area contributed by atoms with Crippen LogP contribution in [0.4, 0.5) is 0 Å². The van der Waals surface area contributed by atoms with E-state index < -0.39 is 5.92 Å². The molecule has 0 aromatic heterocycles. The van der Waals surface area contributed by atoms with Crippen LogP contribution in [0.3, 0.4) is 0 Å². The zero-order chi connectivity index (χ0) is 13.1. The monoisotopic (exact) mass is 256 g/mol. The molecule has 3 rings (SSSR count). The van der Waals surface area contributed by atoms with Crippen molar-refractivity contribution in [3.05, 3.63) is 35.9 Å². The van der Waals surface area contributed by atoms with Gasteiger partial charge in [0.25, 0.3) is 0 Å². The van der Waals surface area contributed by atoms with Crippen LogP contribution < -0.4 is 0 Å². The molecular weight excluding hydrogens is 240 g/mol. The fourth-order valence-corrected chi connectivity index (χ4v) is 2.57. The Morgan fingerprint density at radius 2 is 1.95 bits per heavy atom. The summed E-state index contributed by atoms with van der Waals surface area (Å²) >= 11 is 0. The summed E-state index contributed by atoms with van der Waals surface area (Å²) in [5.41, 5.74) is 2.57. The lowest BCUT2D eigenvalue weighted by atomic mass is 9.90. The van der Waals surface area contributed by atoms with Crippen molar-refractivity contribution in [3.8, 4) is 0 Å². The van der Waals surface area contributed by atoms with Gasteiger partial charge in [-0.3, -0.25) is 4.99 Å². The van der Waals surface area contributed by atoms with Crippen LogP contribution in [0.5, 0.6) is 0 Å². The van der Waals surface area contributed by atoms with Gasteiger partial charge in [0, 0.05) is 17.8 Å². The SMILES string of the molecule is O=C1ON=C(c2ccccc2)[C@@H]1C1=NCCCCC1. The second-order valence-corrected chi connectivity index (χ2v) is 4.87. The summed E-state index contributed by atoms with van der Waals surface area (Å²) in [7, 11) is 0. The Hall–Kier alpha value is -1.97. The number of rotatable bonds is 2. The molecule has 2 aliphatic heterocycles. The summed E-state index contributed by atoms with van der Waals surface area (Å²) in [4.78, 5) is 21.4. The summed E-state index contributed by atoms with van der Waals surface area (Å²) in [5.74, 6) is -0.694. The van der Waals surface area contributed by atoms with E-state index in [2.05, 4.69) is 10.1 Å². The normalized spacial score (nSPS) is 23.4. The lowest BCUT2D eigenvalue weighted by Gasteiger charge is -2.11. The van der Waals surface area contributed by atoms with Crippen LogP contribution in [0.15, 0.2) is 40.5 Å². The molecule has 4 heteroatoms. The van der Waals surface area contributed by atoms with Crippen molar-refractivity contribution in [2.24, 2.45) is 16.1 Å². The Balaban J connectivity index is 1.92. The van der Waals surface area contributed by atoms with Crippen molar-refractivity contribution < 1.29 is 9.63 Å². The maximum Gasteiger partial charge on any atom is 0.349 e. The molecule has 4 nitrogen and oxygen atoms in total. The molecule has 0 saturated heterocycles. The van der Waals surface area contributed by atoms with E-state index in [0.29, 0.717) is 5.71 Å². The van der Waals surface area contributed by atoms with Crippen LogP contribution in [0, 0.1) is 5.92 Å². The van der Waals surface area contributed by atoms with Crippen molar-refractivity contribution in [2.45, 2.75) is 25.7 Å². The smallest absolute Gasteiger partial charge is 0.317 e. The minimum atomic E-state index is -0.402. The minimum absolute atomic E-state index is 0.292. The quantitative estimate of drug-likeness (QED) is 0.764. The lowest BCUT2D eigenvalue weighted by Crippen LogP contribution is -2.28. The number of nitrogens with zero attached hydrogens (tertiary/aromatic N) is 2. The fourth-order valence-electron chi connectivity index (χ4n) is 2.57. The number of oxime groups is 1. The predicted molar refractivity (Wildman–Crippen MR) is 73.3 cm³/mol. The summed E-state index contributed by atoms with van der Waals surface area (Å²) in [6.07, 6.45) is 4.23. The Morgan fingerprint density at radius 1 is 1.11 bits per heavy atom. The summed E-state index contributed by atoms with van der Waals surface area (Å²) in [6.45, 7) is 0.807. The van der Waals surface area contributed by atoms with Gasteiger partial charge in [0.2, 0.25) is 0 Å². The molecule has 19 heavy (non-hydrogen) atoms. The second-order valence-electron chi connectivity index (χ2n) is 4.87. The maximum absolute atomic E-state index is 12.0. The van der Waals surface area contributed by atoms with Crippen LogP contribution >= 0.6 is 0 Å². The molecule has 0 bridgehead atoms.